The summed E-state index contributed by atoms with van der Waals surface area (Å²) in [7, 11) is 0. The highest BCUT2D eigenvalue weighted by atomic mass is 16.5. The van der Waals surface area contributed by atoms with Crippen LogP contribution in [0.5, 0.6) is 0 Å². The molecule has 1 aromatic heterocycles. The van der Waals surface area contributed by atoms with Gasteiger partial charge >= 0.3 is 0 Å². The summed E-state index contributed by atoms with van der Waals surface area (Å²) in [6.45, 7) is 10.9. The topological polar surface area (TPSA) is 70.6 Å². The van der Waals surface area contributed by atoms with E-state index in [2.05, 4.69) is 34.0 Å². The second-order valence-electron chi connectivity index (χ2n) is 5.94. The molecule has 0 radical (unpaired) electrons. The molecule has 0 saturated carbocycles. The average molecular weight is 335 g/mol. The number of nitrogens with one attached hydrogen (secondary N) is 1. The third-order valence-corrected chi connectivity index (χ3v) is 3.96. The minimum absolute atomic E-state index is 0.0164. The second-order valence-corrected chi connectivity index (χ2v) is 5.94. The van der Waals surface area contributed by atoms with Gasteiger partial charge < -0.3 is 15.0 Å². The van der Waals surface area contributed by atoms with Gasteiger partial charge in [-0.05, 0) is 18.9 Å². The number of aromatic nitrogens is 2. The largest absolute Gasteiger partial charge is 0.379 e. The Balaban J connectivity index is 1.88. The van der Waals surface area contributed by atoms with Crippen molar-refractivity contribution in [2.24, 2.45) is 0 Å². The molecule has 0 aliphatic carbocycles. The predicted octanol–water partition coefficient (Wildman–Crippen LogP) is 1.48. The van der Waals surface area contributed by atoms with E-state index >= 15 is 0 Å². The first-order chi connectivity index (χ1) is 11.7. The molecule has 0 aromatic carbocycles. The van der Waals surface area contributed by atoms with Crippen molar-refractivity contribution >= 4 is 11.9 Å². The van der Waals surface area contributed by atoms with Crippen LogP contribution >= 0.6 is 0 Å². The van der Waals surface area contributed by atoms with Crippen LogP contribution in [0.15, 0.2) is 12.3 Å². The summed E-state index contributed by atoms with van der Waals surface area (Å²) in [5.41, 5.74) is 0.459. The van der Waals surface area contributed by atoms with Gasteiger partial charge in [0.15, 0.2) is 0 Å². The number of nitrogens with zero attached hydrogens (tertiary/aromatic N) is 4. The lowest BCUT2D eigenvalue weighted by Crippen LogP contribution is -2.39. The van der Waals surface area contributed by atoms with Crippen LogP contribution in [-0.2, 0) is 4.74 Å². The lowest BCUT2D eigenvalue weighted by atomic mass is 10.3. The summed E-state index contributed by atoms with van der Waals surface area (Å²) >= 11 is 0. The molecule has 0 bridgehead atoms. The Morgan fingerprint density at radius 2 is 2.00 bits per heavy atom. The van der Waals surface area contributed by atoms with E-state index in [4.69, 9.17) is 4.74 Å². The molecule has 1 N–H and O–H groups in total. The van der Waals surface area contributed by atoms with Gasteiger partial charge in [0.25, 0.3) is 5.91 Å². The Hall–Kier alpha value is -1.73. The van der Waals surface area contributed by atoms with Crippen molar-refractivity contribution in [2.75, 3.05) is 57.8 Å². The van der Waals surface area contributed by atoms with Crippen molar-refractivity contribution in [1.82, 2.24) is 19.8 Å². The maximum Gasteiger partial charge on any atom is 0.272 e. The number of hydrogen-bond acceptors (Lipinski definition) is 6. The van der Waals surface area contributed by atoms with E-state index in [1.165, 1.54) is 0 Å². The molecule has 7 nitrogen and oxygen atoms in total. The summed E-state index contributed by atoms with van der Waals surface area (Å²) in [4.78, 5) is 25.4. The molecule has 134 valence electrons. The van der Waals surface area contributed by atoms with Gasteiger partial charge in [-0.1, -0.05) is 13.8 Å². The molecular weight excluding hydrogens is 306 g/mol. The van der Waals surface area contributed by atoms with Gasteiger partial charge in [0.2, 0.25) is 5.95 Å². The van der Waals surface area contributed by atoms with Crippen LogP contribution in [0, 0.1) is 0 Å². The molecule has 24 heavy (non-hydrogen) atoms. The minimum atomic E-state index is -0.0164. The van der Waals surface area contributed by atoms with E-state index in [1.54, 1.807) is 12.3 Å². The zero-order chi connectivity index (χ0) is 17.2. The molecule has 1 fully saturated rings. The quantitative estimate of drug-likeness (QED) is 0.737. The van der Waals surface area contributed by atoms with E-state index in [9.17, 15) is 4.79 Å². The summed E-state index contributed by atoms with van der Waals surface area (Å²) in [6, 6.07) is 1.69. The lowest BCUT2D eigenvalue weighted by Gasteiger charge is -2.26. The van der Waals surface area contributed by atoms with Gasteiger partial charge in [-0.3, -0.25) is 9.69 Å². The Morgan fingerprint density at radius 1 is 1.29 bits per heavy atom. The number of morpholine rings is 1. The first-order valence-electron chi connectivity index (χ1n) is 8.91. The molecule has 0 spiro atoms. The fraction of sp³-hybridized carbons (Fsp3) is 0.706. The van der Waals surface area contributed by atoms with Gasteiger partial charge in [0, 0.05) is 45.5 Å². The fourth-order valence-corrected chi connectivity index (χ4v) is 2.73. The highest BCUT2D eigenvalue weighted by Crippen LogP contribution is 2.07. The van der Waals surface area contributed by atoms with Crippen molar-refractivity contribution in [3.63, 3.8) is 0 Å². The number of ether oxygens (including phenoxy) is 1. The summed E-state index contributed by atoms with van der Waals surface area (Å²) < 4.78 is 5.34. The number of amides is 1. The maximum atomic E-state index is 12.6. The molecular formula is C17H29N5O2. The maximum absolute atomic E-state index is 12.6. The third kappa shape index (κ3) is 5.72. The molecule has 1 amide bonds. The SMILES string of the molecule is CCCN(CCC)C(=O)c1ccnc(NCCN2CCOCC2)n1. The Kier molecular flexibility index (Phi) is 7.91. The van der Waals surface area contributed by atoms with Crippen molar-refractivity contribution < 1.29 is 9.53 Å². The first kappa shape index (κ1) is 18.6. The summed E-state index contributed by atoms with van der Waals surface area (Å²) in [6.07, 6.45) is 3.54. The van der Waals surface area contributed by atoms with E-state index in [0.29, 0.717) is 11.6 Å². The smallest absolute Gasteiger partial charge is 0.272 e. The number of anilines is 1. The van der Waals surface area contributed by atoms with Gasteiger partial charge in [0.05, 0.1) is 13.2 Å². The summed E-state index contributed by atoms with van der Waals surface area (Å²) in [5, 5.41) is 3.21. The summed E-state index contributed by atoms with van der Waals surface area (Å²) in [5.74, 6) is 0.499. The molecule has 0 unspecified atom stereocenters. The molecule has 1 saturated heterocycles. The molecule has 1 aliphatic rings. The second kappa shape index (κ2) is 10.2. The molecule has 2 rings (SSSR count). The van der Waals surface area contributed by atoms with Crippen molar-refractivity contribution in [1.29, 1.82) is 0 Å². The predicted molar refractivity (Wildman–Crippen MR) is 94.3 cm³/mol. The normalized spacial score (nSPS) is 15.2. The number of carbonyl (C=O) groups excluding carboxylic acids is 1. The van der Waals surface area contributed by atoms with Crippen molar-refractivity contribution in [2.45, 2.75) is 26.7 Å². The van der Waals surface area contributed by atoms with Crippen LogP contribution in [0.3, 0.4) is 0 Å². The monoisotopic (exact) mass is 335 g/mol. The van der Waals surface area contributed by atoms with E-state index in [-0.39, 0.29) is 5.91 Å². The van der Waals surface area contributed by atoms with Gasteiger partial charge in [-0.2, -0.15) is 0 Å². The molecule has 2 heterocycles. The average Bonchev–Trinajstić information content (AvgIpc) is 2.62. The van der Waals surface area contributed by atoms with Gasteiger partial charge in [-0.15, -0.1) is 0 Å². The highest BCUT2D eigenvalue weighted by Gasteiger charge is 2.16. The van der Waals surface area contributed by atoms with E-state index in [0.717, 1.165) is 65.3 Å². The van der Waals surface area contributed by atoms with Crippen molar-refractivity contribution in [3.8, 4) is 0 Å². The molecule has 1 aliphatic heterocycles. The standard InChI is InChI=1S/C17H29N5O2/c1-3-8-22(9-4-2)16(23)15-5-6-18-17(20-15)19-7-10-21-11-13-24-14-12-21/h5-6H,3-4,7-14H2,1-2H3,(H,18,19,20). The van der Waals surface area contributed by atoms with Crippen LogP contribution in [0.2, 0.25) is 0 Å². The van der Waals surface area contributed by atoms with E-state index < -0.39 is 0 Å². The Labute approximate surface area is 144 Å². The van der Waals surface area contributed by atoms with Crippen LogP contribution < -0.4 is 5.32 Å². The van der Waals surface area contributed by atoms with Crippen LogP contribution in [-0.4, -0.2) is 78.2 Å². The molecule has 0 atom stereocenters. The zero-order valence-corrected chi connectivity index (χ0v) is 14.8. The Bertz CT molecular complexity index is 500. The number of carbonyl (C=O) groups is 1. The first-order valence-corrected chi connectivity index (χ1v) is 8.91. The van der Waals surface area contributed by atoms with Gasteiger partial charge in [-0.25, -0.2) is 9.97 Å². The zero-order valence-electron chi connectivity index (χ0n) is 14.8. The third-order valence-electron chi connectivity index (χ3n) is 3.96. The highest BCUT2D eigenvalue weighted by molar-refractivity contribution is 5.92. The Morgan fingerprint density at radius 3 is 2.67 bits per heavy atom. The van der Waals surface area contributed by atoms with Crippen molar-refractivity contribution in [3.05, 3.63) is 18.0 Å². The van der Waals surface area contributed by atoms with Crippen LogP contribution in [0.4, 0.5) is 5.95 Å². The molecule has 1 aromatic rings. The lowest BCUT2D eigenvalue weighted by molar-refractivity contribution is 0.0398. The minimum Gasteiger partial charge on any atom is -0.379 e. The fourth-order valence-electron chi connectivity index (χ4n) is 2.73. The molecule has 7 heteroatoms. The number of rotatable bonds is 9. The van der Waals surface area contributed by atoms with Crippen LogP contribution in [0.25, 0.3) is 0 Å². The number of hydrogen-bond donors (Lipinski definition) is 1. The van der Waals surface area contributed by atoms with Gasteiger partial charge in [0.1, 0.15) is 5.69 Å². The van der Waals surface area contributed by atoms with E-state index in [1.807, 2.05) is 4.90 Å². The van der Waals surface area contributed by atoms with Crippen LogP contribution in [0.1, 0.15) is 37.2 Å².